The largest absolute Gasteiger partial charge is 0.479 e. The van der Waals surface area contributed by atoms with E-state index in [1.165, 1.54) is 0 Å². The van der Waals surface area contributed by atoms with Gasteiger partial charge in [0, 0.05) is 12.2 Å². The molecule has 2 aliphatic heterocycles. The van der Waals surface area contributed by atoms with Gasteiger partial charge in [-0.2, -0.15) is 0 Å². The fourth-order valence-corrected chi connectivity index (χ4v) is 2.58. The molecule has 0 aromatic heterocycles. The van der Waals surface area contributed by atoms with Crippen LogP contribution in [0.4, 0.5) is 11.4 Å². The third-order valence-electron chi connectivity index (χ3n) is 3.79. The van der Waals surface area contributed by atoms with Gasteiger partial charge >= 0.3 is 0 Å². The first-order valence-electron chi connectivity index (χ1n) is 7.29. The highest BCUT2D eigenvalue weighted by Crippen LogP contribution is 2.32. The maximum atomic E-state index is 11.9. The van der Waals surface area contributed by atoms with Gasteiger partial charge in [-0.25, -0.2) is 0 Å². The Hall–Kier alpha value is -2.24. The second-order valence-corrected chi connectivity index (χ2v) is 5.44. The number of amides is 2. The number of hydrogen-bond donors (Lipinski definition) is 3. The highest BCUT2D eigenvalue weighted by Gasteiger charge is 2.25. The number of ether oxygens (including phenoxy) is 1. The normalized spacial score (nSPS) is 25.0. The number of carbonyl (C=O) groups is 2. The molecule has 0 saturated carbocycles. The molecular weight excluding hydrogens is 270 g/mol. The van der Waals surface area contributed by atoms with Crippen LogP contribution in [-0.2, 0) is 9.59 Å². The Balaban J connectivity index is 1.76. The van der Waals surface area contributed by atoms with Crippen molar-refractivity contribution in [2.24, 2.45) is 0 Å². The molecule has 2 heterocycles. The summed E-state index contributed by atoms with van der Waals surface area (Å²) in [4.78, 5) is 23.6. The van der Waals surface area contributed by atoms with Crippen LogP contribution in [0, 0.1) is 0 Å². The van der Waals surface area contributed by atoms with Gasteiger partial charge in [0.15, 0.2) is 6.10 Å². The van der Waals surface area contributed by atoms with Crippen molar-refractivity contribution in [3.05, 3.63) is 18.2 Å². The number of hydrogen-bond acceptors (Lipinski definition) is 4. The van der Waals surface area contributed by atoms with E-state index in [1.807, 2.05) is 12.1 Å². The molecule has 112 valence electrons. The molecule has 2 unspecified atom stereocenters. The van der Waals surface area contributed by atoms with Crippen LogP contribution >= 0.6 is 0 Å². The van der Waals surface area contributed by atoms with E-state index in [9.17, 15) is 9.59 Å². The third kappa shape index (κ3) is 2.94. The SMILES string of the molecule is CC1Oc2ccc(NC3CCCCNC3=O)cc2NC1=O. The van der Waals surface area contributed by atoms with Gasteiger partial charge in [0.25, 0.3) is 5.91 Å². The minimum absolute atomic E-state index is 0.0270. The lowest BCUT2D eigenvalue weighted by Gasteiger charge is -2.24. The quantitative estimate of drug-likeness (QED) is 0.770. The van der Waals surface area contributed by atoms with Crippen molar-refractivity contribution in [3.8, 4) is 5.75 Å². The zero-order valence-corrected chi connectivity index (χ0v) is 11.9. The van der Waals surface area contributed by atoms with E-state index < -0.39 is 6.10 Å². The molecule has 0 radical (unpaired) electrons. The molecule has 21 heavy (non-hydrogen) atoms. The molecule has 1 fully saturated rings. The molecule has 3 N–H and O–H groups in total. The third-order valence-corrected chi connectivity index (χ3v) is 3.79. The van der Waals surface area contributed by atoms with Crippen molar-refractivity contribution in [1.82, 2.24) is 5.32 Å². The maximum absolute atomic E-state index is 11.9. The lowest BCUT2D eigenvalue weighted by molar-refractivity contribution is -0.123. The van der Waals surface area contributed by atoms with Crippen LogP contribution in [0.15, 0.2) is 18.2 Å². The summed E-state index contributed by atoms with van der Waals surface area (Å²) >= 11 is 0. The predicted molar refractivity (Wildman–Crippen MR) is 79.4 cm³/mol. The predicted octanol–water partition coefficient (Wildman–Crippen LogP) is 1.49. The number of fused-ring (bicyclic) bond motifs is 1. The average Bonchev–Trinajstić information content (AvgIpc) is 2.66. The van der Waals surface area contributed by atoms with E-state index in [0.717, 1.165) is 31.5 Å². The Morgan fingerprint density at radius 2 is 2.10 bits per heavy atom. The van der Waals surface area contributed by atoms with Gasteiger partial charge in [-0.05, 0) is 44.4 Å². The topological polar surface area (TPSA) is 79.5 Å². The van der Waals surface area contributed by atoms with Gasteiger partial charge in [0.1, 0.15) is 11.8 Å². The van der Waals surface area contributed by atoms with Crippen LogP contribution < -0.4 is 20.7 Å². The second kappa shape index (κ2) is 5.63. The molecule has 0 aliphatic carbocycles. The van der Waals surface area contributed by atoms with E-state index >= 15 is 0 Å². The van der Waals surface area contributed by atoms with Crippen LogP contribution in [0.3, 0.4) is 0 Å². The Bertz CT molecular complexity index is 573. The van der Waals surface area contributed by atoms with Crippen LogP contribution in [0.25, 0.3) is 0 Å². The van der Waals surface area contributed by atoms with Gasteiger partial charge in [-0.15, -0.1) is 0 Å². The number of rotatable bonds is 2. The number of anilines is 2. The fourth-order valence-electron chi connectivity index (χ4n) is 2.58. The Morgan fingerprint density at radius 3 is 2.95 bits per heavy atom. The minimum Gasteiger partial charge on any atom is -0.479 e. The standard InChI is InChI=1S/C15H19N3O3/c1-9-14(19)18-12-8-10(5-6-13(12)21-9)17-11-4-2-3-7-16-15(11)20/h5-6,8-9,11,17H,2-4,7H2,1H3,(H,16,20)(H,18,19). The van der Waals surface area contributed by atoms with Crippen molar-refractivity contribution in [3.63, 3.8) is 0 Å². The monoisotopic (exact) mass is 289 g/mol. The van der Waals surface area contributed by atoms with Gasteiger partial charge in [-0.1, -0.05) is 0 Å². The Kier molecular flexibility index (Phi) is 3.68. The number of carbonyl (C=O) groups excluding carboxylic acids is 2. The van der Waals surface area contributed by atoms with E-state index in [0.29, 0.717) is 11.4 Å². The Morgan fingerprint density at radius 1 is 1.24 bits per heavy atom. The summed E-state index contributed by atoms with van der Waals surface area (Å²) in [7, 11) is 0. The molecule has 2 amide bonds. The second-order valence-electron chi connectivity index (χ2n) is 5.44. The molecule has 6 heteroatoms. The van der Waals surface area contributed by atoms with Gasteiger partial charge in [0.2, 0.25) is 5.91 Å². The van der Waals surface area contributed by atoms with Crippen molar-refractivity contribution in [2.75, 3.05) is 17.2 Å². The highest BCUT2D eigenvalue weighted by molar-refractivity contribution is 5.98. The minimum atomic E-state index is -0.482. The summed E-state index contributed by atoms with van der Waals surface area (Å²) < 4.78 is 5.51. The molecule has 0 spiro atoms. The number of nitrogens with one attached hydrogen (secondary N) is 3. The summed E-state index contributed by atoms with van der Waals surface area (Å²) in [5.74, 6) is 0.518. The summed E-state index contributed by atoms with van der Waals surface area (Å²) in [5.41, 5.74) is 1.44. The molecule has 6 nitrogen and oxygen atoms in total. The van der Waals surface area contributed by atoms with Crippen LogP contribution in [0.1, 0.15) is 26.2 Å². The lowest BCUT2D eigenvalue weighted by Crippen LogP contribution is -2.38. The fraction of sp³-hybridized carbons (Fsp3) is 0.467. The number of benzene rings is 1. The van der Waals surface area contributed by atoms with Crippen molar-refractivity contribution in [1.29, 1.82) is 0 Å². The molecule has 3 rings (SSSR count). The van der Waals surface area contributed by atoms with Crippen molar-refractivity contribution in [2.45, 2.75) is 38.3 Å². The maximum Gasteiger partial charge on any atom is 0.265 e. The summed E-state index contributed by atoms with van der Waals surface area (Å²) in [6, 6.07) is 5.24. The molecule has 1 aromatic carbocycles. The van der Waals surface area contributed by atoms with E-state index in [1.54, 1.807) is 13.0 Å². The van der Waals surface area contributed by atoms with Crippen molar-refractivity contribution >= 4 is 23.2 Å². The van der Waals surface area contributed by atoms with E-state index in [2.05, 4.69) is 16.0 Å². The van der Waals surface area contributed by atoms with Gasteiger partial charge in [0.05, 0.1) is 5.69 Å². The lowest BCUT2D eigenvalue weighted by atomic mass is 10.1. The van der Waals surface area contributed by atoms with E-state index in [-0.39, 0.29) is 17.9 Å². The molecular formula is C15H19N3O3. The molecule has 1 saturated heterocycles. The van der Waals surface area contributed by atoms with Crippen molar-refractivity contribution < 1.29 is 14.3 Å². The van der Waals surface area contributed by atoms with Crippen LogP contribution in [0.5, 0.6) is 5.75 Å². The summed E-state index contributed by atoms with van der Waals surface area (Å²) in [5, 5.41) is 8.93. The average molecular weight is 289 g/mol. The van der Waals surface area contributed by atoms with Gasteiger partial charge in [-0.3, -0.25) is 9.59 Å². The summed E-state index contributed by atoms with van der Waals surface area (Å²) in [6.07, 6.45) is 2.35. The highest BCUT2D eigenvalue weighted by atomic mass is 16.5. The molecule has 1 aromatic rings. The summed E-state index contributed by atoms with van der Waals surface area (Å²) in [6.45, 7) is 2.45. The molecule has 2 atom stereocenters. The van der Waals surface area contributed by atoms with Crippen LogP contribution in [0.2, 0.25) is 0 Å². The first-order chi connectivity index (χ1) is 10.1. The van der Waals surface area contributed by atoms with E-state index in [4.69, 9.17) is 4.74 Å². The first-order valence-corrected chi connectivity index (χ1v) is 7.29. The smallest absolute Gasteiger partial charge is 0.265 e. The first kappa shape index (κ1) is 13.7. The molecule has 0 bridgehead atoms. The van der Waals surface area contributed by atoms with Gasteiger partial charge < -0.3 is 20.7 Å². The Labute approximate surface area is 123 Å². The zero-order valence-electron chi connectivity index (χ0n) is 11.9. The van der Waals surface area contributed by atoms with Crippen LogP contribution in [-0.4, -0.2) is 30.5 Å². The zero-order chi connectivity index (χ0) is 14.8. The molecule has 2 aliphatic rings.